The van der Waals surface area contributed by atoms with Gasteiger partial charge in [-0.2, -0.15) is 0 Å². The molecule has 120 valence electrons. The number of benzene rings is 1. The van der Waals surface area contributed by atoms with Gasteiger partial charge in [0.15, 0.2) is 0 Å². The minimum absolute atomic E-state index is 0.0563. The van der Waals surface area contributed by atoms with Crippen LogP contribution in [0.15, 0.2) is 42.5 Å². The van der Waals surface area contributed by atoms with Crippen molar-refractivity contribution in [3.63, 3.8) is 0 Å². The quantitative estimate of drug-likeness (QED) is 0.873. The molecule has 0 N–H and O–H groups in total. The number of nitrogens with zero attached hydrogens (tertiary/aromatic N) is 3. The Kier molecular flexibility index (Phi) is 4.46. The number of hydrogen-bond acceptors (Lipinski definition) is 4. The predicted molar refractivity (Wildman–Crippen MR) is 90.1 cm³/mol. The molecule has 5 nitrogen and oxygen atoms in total. The fourth-order valence-corrected chi connectivity index (χ4v) is 2.78. The zero-order valence-electron chi connectivity index (χ0n) is 13.5. The lowest BCUT2D eigenvalue weighted by Gasteiger charge is -2.35. The molecule has 23 heavy (non-hydrogen) atoms. The Hall–Kier alpha value is -2.56. The Labute approximate surface area is 136 Å². The van der Waals surface area contributed by atoms with E-state index in [-0.39, 0.29) is 5.91 Å². The molecule has 1 saturated heterocycles. The van der Waals surface area contributed by atoms with Crippen LogP contribution in [0.5, 0.6) is 5.75 Å². The number of aromatic nitrogens is 1. The molecule has 0 aliphatic carbocycles. The van der Waals surface area contributed by atoms with E-state index in [4.69, 9.17) is 4.74 Å². The average Bonchev–Trinajstić information content (AvgIpc) is 2.61. The topological polar surface area (TPSA) is 45.7 Å². The van der Waals surface area contributed by atoms with E-state index >= 15 is 0 Å². The van der Waals surface area contributed by atoms with Crippen molar-refractivity contribution in [1.82, 2.24) is 9.88 Å². The van der Waals surface area contributed by atoms with Gasteiger partial charge in [0.25, 0.3) is 5.91 Å². The third kappa shape index (κ3) is 3.44. The number of hydrogen-bond donors (Lipinski definition) is 0. The smallest absolute Gasteiger partial charge is 0.254 e. The van der Waals surface area contributed by atoms with Crippen LogP contribution in [0.1, 0.15) is 16.1 Å². The lowest BCUT2D eigenvalue weighted by atomic mass is 10.1. The molecule has 2 aromatic rings. The van der Waals surface area contributed by atoms with Crippen LogP contribution in [-0.4, -0.2) is 49.1 Å². The second kappa shape index (κ2) is 6.69. The minimum atomic E-state index is 0.0563. The summed E-state index contributed by atoms with van der Waals surface area (Å²) in [5.41, 5.74) is 1.68. The molecule has 1 fully saturated rings. The van der Waals surface area contributed by atoms with Crippen LogP contribution in [0, 0.1) is 6.92 Å². The van der Waals surface area contributed by atoms with Gasteiger partial charge in [0.1, 0.15) is 11.6 Å². The normalized spacial score (nSPS) is 14.7. The van der Waals surface area contributed by atoms with Crippen molar-refractivity contribution in [2.75, 3.05) is 38.2 Å². The highest BCUT2D eigenvalue weighted by Gasteiger charge is 2.23. The molecule has 1 amide bonds. The van der Waals surface area contributed by atoms with Crippen LogP contribution in [0.25, 0.3) is 0 Å². The maximum atomic E-state index is 12.6. The standard InChI is InChI=1S/C18H21N3O2/c1-14-5-3-8-17(19-14)20-9-11-21(12-10-20)18(22)15-6-4-7-16(13-15)23-2/h3-8,13H,9-12H2,1-2H3. The summed E-state index contributed by atoms with van der Waals surface area (Å²) in [5.74, 6) is 1.75. The molecule has 5 heteroatoms. The molecule has 2 heterocycles. The molecule has 3 rings (SSSR count). The number of carbonyl (C=O) groups is 1. The van der Waals surface area contributed by atoms with Gasteiger partial charge in [0.2, 0.25) is 0 Å². The molecule has 0 radical (unpaired) electrons. The van der Waals surface area contributed by atoms with Gasteiger partial charge in [-0.1, -0.05) is 12.1 Å². The van der Waals surface area contributed by atoms with E-state index in [2.05, 4.69) is 9.88 Å². The highest BCUT2D eigenvalue weighted by Crippen LogP contribution is 2.18. The van der Waals surface area contributed by atoms with E-state index in [0.29, 0.717) is 24.4 Å². The zero-order chi connectivity index (χ0) is 16.2. The molecule has 0 unspecified atom stereocenters. The van der Waals surface area contributed by atoms with E-state index < -0.39 is 0 Å². The number of piperazine rings is 1. The summed E-state index contributed by atoms with van der Waals surface area (Å²) in [6, 6.07) is 13.3. The molecule has 1 aliphatic rings. The van der Waals surface area contributed by atoms with Gasteiger partial charge in [-0.15, -0.1) is 0 Å². The summed E-state index contributed by atoms with van der Waals surface area (Å²) < 4.78 is 5.19. The van der Waals surface area contributed by atoms with Crippen LogP contribution in [0.4, 0.5) is 5.82 Å². The molecule has 1 aromatic heterocycles. The molecule has 0 saturated carbocycles. The van der Waals surface area contributed by atoms with Crippen molar-refractivity contribution in [2.45, 2.75) is 6.92 Å². The summed E-state index contributed by atoms with van der Waals surface area (Å²) >= 11 is 0. The Morgan fingerprint density at radius 3 is 2.52 bits per heavy atom. The Morgan fingerprint density at radius 1 is 1.09 bits per heavy atom. The summed E-state index contributed by atoms with van der Waals surface area (Å²) in [5, 5.41) is 0. The Morgan fingerprint density at radius 2 is 1.83 bits per heavy atom. The van der Waals surface area contributed by atoms with Crippen molar-refractivity contribution in [1.29, 1.82) is 0 Å². The number of aryl methyl sites for hydroxylation is 1. The average molecular weight is 311 g/mol. The van der Waals surface area contributed by atoms with Crippen molar-refractivity contribution in [3.05, 3.63) is 53.7 Å². The molecule has 1 aliphatic heterocycles. The summed E-state index contributed by atoms with van der Waals surface area (Å²) in [4.78, 5) is 21.3. The van der Waals surface area contributed by atoms with Gasteiger partial charge in [-0.05, 0) is 37.3 Å². The van der Waals surface area contributed by atoms with Gasteiger partial charge in [0, 0.05) is 37.4 Å². The number of pyridine rings is 1. The predicted octanol–water partition coefficient (Wildman–Crippen LogP) is 2.36. The van der Waals surface area contributed by atoms with E-state index in [0.717, 1.165) is 24.6 Å². The number of rotatable bonds is 3. The maximum Gasteiger partial charge on any atom is 0.254 e. The van der Waals surface area contributed by atoms with Gasteiger partial charge in [-0.25, -0.2) is 4.98 Å². The van der Waals surface area contributed by atoms with Gasteiger partial charge >= 0.3 is 0 Å². The van der Waals surface area contributed by atoms with E-state index in [1.54, 1.807) is 13.2 Å². The van der Waals surface area contributed by atoms with E-state index in [1.165, 1.54) is 0 Å². The molecule has 0 atom stereocenters. The second-order valence-electron chi connectivity index (χ2n) is 5.65. The fourth-order valence-electron chi connectivity index (χ4n) is 2.78. The van der Waals surface area contributed by atoms with Gasteiger partial charge in [-0.3, -0.25) is 4.79 Å². The lowest BCUT2D eigenvalue weighted by molar-refractivity contribution is 0.0746. The van der Waals surface area contributed by atoms with Crippen LogP contribution in [0.3, 0.4) is 0 Å². The number of ether oxygens (including phenoxy) is 1. The van der Waals surface area contributed by atoms with E-state index in [1.807, 2.05) is 48.2 Å². The zero-order valence-corrected chi connectivity index (χ0v) is 13.5. The summed E-state index contributed by atoms with van der Waals surface area (Å²) in [7, 11) is 1.61. The Bertz CT molecular complexity index is 694. The molecular weight excluding hydrogens is 290 g/mol. The van der Waals surface area contributed by atoms with Gasteiger partial charge in [0.05, 0.1) is 7.11 Å². The highest BCUT2D eigenvalue weighted by atomic mass is 16.5. The van der Waals surface area contributed by atoms with Crippen LogP contribution >= 0.6 is 0 Å². The monoisotopic (exact) mass is 311 g/mol. The molecule has 0 bridgehead atoms. The van der Waals surface area contributed by atoms with Crippen LogP contribution < -0.4 is 9.64 Å². The van der Waals surface area contributed by atoms with Crippen molar-refractivity contribution < 1.29 is 9.53 Å². The first-order chi connectivity index (χ1) is 11.2. The van der Waals surface area contributed by atoms with E-state index in [9.17, 15) is 4.79 Å². The number of anilines is 1. The SMILES string of the molecule is COc1cccc(C(=O)N2CCN(c3cccc(C)n3)CC2)c1. The summed E-state index contributed by atoms with van der Waals surface area (Å²) in [6.45, 7) is 4.99. The first-order valence-electron chi connectivity index (χ1n) is 7.79. The third-order valence-electron chi connectivity index (χ3n) is 4.08. The summed E-state index contributed by atoms with van der Waals surface area (Å²) in [6.07, 6.45) is 0. The van der Waals surface area contributed by atoms with Crippen LogP contribution in [0.2, 0.25) is 0 Å². The minimum Gasteiger partial charge on any atom is -0.497 e. The molecular formula is C18H21N3O2. The number of methoxy groups -OCH3 is 1. The first kappa shape index (κ1) is 15.3. The molecule has 0 spiro atoms. The molecule has 1 aromatic carbocycles. The Balaban J connectivity index is 1.65. The maximum absolute atomic E-state index is 12.6. The van der Waals surface area contributed by atoms with Crippen molar-refractivity contribution in [2.24, 2.45) is 0 Å². The first-order valence-corrected chi connectivity index (χ1v) is 7.79. The van der Waals surface area contributed by atoms with Crippen molar-refractivity contribution >= 4 is 11.7 Å². The number of amides is 1. The second-order valence-corrected chi connectivity index (χ2v) is 5.65. The highest BCUT2D eigenvalue weighted by molar-refractivity contribution is 5.94. The van der Waals surface area contributed by atoms with Crippen molar-refractivity contribution in [3.8, 4) is 5.75 Å². The third-order valence-corrected chi connectivity index (χ3v) is 4.08. The van der Waals surface area contributed by atoms with Gasteiger partial charge < -0.3 is 14.5 Å². The fraction of sp³-hybridized carbons (Fsp3) is 0.333. The number of carbonyl (C=O) groups excluding carboxylic acids is 1. The largest absolute Gasteiger partial charge is 0.497 e. The lowest BCUT2D eigenvalue weighted by Crippen LogP contribution is -2.49. The van der Waals surface area contributed by atoms with Crippen LogP contribution in [-0.2, 0) is 0 Å².